The molecular weight excluding hydrogens is 336 g/mol. The summed E-state index contributed by atoms with van der Waals surface area (Å²) < 4.78 is 6.87. The SMILES string of the molecule is NCc1cn(C2CCN(C(=O)c3cc(C(=O)c4ccco4)c[nH]3)C2)nn1. The fourth-order valence-corrected chi connectivity index (χ4v) is 3.10. The molecule has 1 aliphatic rings. The molecule has 3 aromatic rings. The number of hydrogen-bond acceptors (Lipinski definition) is 6. The van der Waals surface area contributed by atoms with Gasteiger partial charge in [-0.05, 0) is 24.6 Å². The van der Waals surface area contributed by atoms with Gasteiger partial charge in [0.25, 0.3) is 5.91 Å². The van der Waals surface area contributed by atoms with E-state index in [9.17, 15) is 9.59 Å². The van der Waals surface area contributed by atoms with Gasteiger partial charge in [0.15, 0.2) is 5.76 Å². The van der Waals surface area contributed by atoms with Crippen LogP contribution in [0.1, 0.15) is 44.8 Å². The topological polar surface area (TPSA) is 123 Å². The van der Waals surface area contributed by atoms with Gasteiger partial charge in [-0.1, -0.05) is 5.21 Å². The number of nitrogens with zero attached hydrogens (tertiary/aromatic N) is 4. The third kappa shape index (κ3) is 2.93. The molecule has 1 fully saturated rings. The molecule has 9 heteroatoms. The number of amides is 1. The quantitative estimate of drug-likeness (QED) is 0.658. The van der Waals surface area contributed by atoms with Crippen molar-refractivity contribution >= 4 is 11.7 Å². The Morgan fingerprint density at radius 2 is 2.31 bits per heavy atom. The fourth-order valence-electron chi connectivity index (χ4n) is 3.10. The minimum absolute atomic E-state index is 0.0749. The van der Waals surface area contributed by atoms with Crippen LogP contribution in [0, 0.1) is 0 Å². The molecule has 3 aromatic heterocycles. The Balaban J connectivity index is 1.44. The Morgan fingerprint density at radius 3 is 3.04 bits per heavy atom. The van der Waals surface area contributed by atoms with Gasteiger partial charge >= 0.3 is 0 Å². The number of carbonyl (C=O) groups excluding carboxylic acids is 2. The molecule has 1 amide bonds. The molecular formula is C17H18N6O3. The molecule has 1 saturated heterocycles. The highest BCUT2D eigenvalue weighted by molar-refractivity contribution is 6.08. The lowest BCUT2D eigenvalue weighted by Gasteiger charge is -2.15. The predicted octanol–water partition coefficient (Wildman–Crippen LogP) is 0.976. The van der Waals surface area contributed by atoms with Crippen LogP contribution >= 0.6 is 0 Å². The first-order valence-electron chi connectivity index (χ1n) is 8.32. The summed E-state index contributed by atoms with van der Waals surface area (Å²) in [4.78, 5) is 29.6. The number of likely N-dealkylation sites (tertiary alicyclic amines) is 1. The minimum atomic E-state index is -0.262. The molecule has 4 heterocycles. The van der Waals surface area contributed by atoms with Crippen LogP contribution in [0.4, 0.5) is 0 Å². The summed E-state index contributed by atoms with van der Waals surface area (Å²) in [5, 5.41) is 8.06. The Kier molecular flexibility index (Phi) is 4.13. The van der Waals surface area contributed by atoms with Gasteiger partial charge in [0.1, 0.15) is 5.69 Å². The van der Waals surface area contributed by atoms with E-state index in [1.807, 2.05) is 6.20 Å². The predicted molar refractivity (Wildman–Crippen MR) is 90.4 cm³/mol. The number of H-pyrrole nitrogens is 1. The van der Waals surface area contributed by atoms with Crippen molar-refractivity contribution in [3.63, 3.8) is 0 Å². The zero-order valence-corrected chi connectivity index (χ0v) is 14.0. The van der Waals surface area contributed by atoms with Crippen molar-refractivity contribution in [3.05, 3.63) is 59.6 Å². The van der Waals surface area contributed by atoms with Crippen LogP contribution in [0.5, 0.6) is 0 Å². The lowest BCUT2D eigenvalue weighted by atomic mass is 10.1. The summed E-state index contributed by atoms with van der Waals surface area (Å²) in [7, 11) is 0. The summed E-state index contributed by atoms with van der Waals surface area (Å²) in [6.07, 6.45) is 5.57. The molecule has 3 N–H and O–H groups in total. The van der Waals surface area contributed by atoms with Crippen LogP contribution in [0.15, 0.2) is 41.3 Å². The van der Waals surface area contributed by atoms with Crippen molar-refractivity contribution in [2.24, 2.45) is 5.73 Å². The van der Waals surface area contributed by atoms with E-state index in [4.69, 9.17) is 10.2 Å². The second-order valence-corrected chi connectivity index (χ2v) is 6.20. The molecule has 1 unspecified atom stereocenters. The fraction of sp³-hybridized carbons (Fsp3) is 0.294. The van der Waals surface area contributed by atoms with Crippen LogP contribution in [0.2, 0.25) is 0 Å². The van der Waals surface area contributed by atoms with Gasteiger partial charge in [-0.3, -0.25) is 9.59 Å². The second kappa shape index (κ2) is 6.60. The van der Waals surface area contributed by atoms with Crippen molar-refractivity contribution < 1.29 is 14.0 Å². The molecule has 134 valence electrons. The first-order valence-corrected chi connectivity index (χ1v) is 8.32. The standard InChI is InChI=1S/C17H18N6O3/c18-7-12-9-23(21-20-12)13-3-4-22(10-13)17(25)14-6-11(8-19-14)16(24)15-2-1-5-26-15/h1-2,5-6,8-9,13,19H,3-4,7,10,18H2. The maximum atomic E-state index is 12.7. The van der Waals surface area contributed by atoms with Crippen molar-refractivity contribution in [1.29, 1.82) is 0 Å². The van der Waals surface area contributed by atoms with E-state index in [2.05, 4.69) is 15.3 Å². The van der Waals surface area contributed by atoms with E-state index >= 15 is 0 Å². The first-order chi connectivity index (χ1) is 12.7. The maximum absolute atomic E-state index is 12.7. The van der Waals surface area contributed by atoms with Crippen LogP contribution in [-0.2, 0) is 6.54 Å². The van der Waals surface area contributed by atoms with E-state index in [1.165, 1.54) is 12.5 Å². The van der Waals surface area contributed by atoms with E-state index in [-0.39, 0.29) is 23.5 Å². The van der Waals surface area contributed by atoms with Crippen molar-refractivity contribution in [1.82, 2.24) is 24.9 Å². The second-order valence-electron chi connectivity index (χ2n) is 6.20. The first kappa shape index (κ1) is 16.3. The van der Waals surface area contributed by atoms with Crippen LogP contribution in [0.25, 0.3) is 0 Å². The molecule has 0 spiro atoms. The van der Waals surface area contributed by atoms with Crippen molar-refractivity contribution in [3.8, 4) is 0 Å². The van der Waals surface area contributed by atoms with E-state index in [1.54, 1.807) is 27.8 Å². The Labute approximate surface area is 148 Å². The van der Waals surface area contributed by atoms with Crippen LogP contribution in [-0.4, -0.2) is 49.7 Å². The molecule has 1 aliphatic heterocycles. The zero-order chi connectivity index (χ0) is 18.1. The zero-order valence-electron chi connectivity index (χ0n) is 14.0. The molecule has 0 bridgehead atoms. The third-order valence-corrected chi connectivity index (χ3v) is 4.51. The molecule has 0 aromatic carbocycles. The Morgan fingerprint density at radius 1 is 1.42 bits per heavy atom. The number of nitrogens with one attached hydrogen (secondary N) is 1. The van der Waals surface area contributed by atoms with E-state index < -0.39 is 0 Å². The van der Waals surface area contributed by atoms with Crippen LogP contribution < -0.4 is 5.73 Å². The number of aromatic amines is 1. The molecule has 4 rings (SSSR count). The Bertz CT molecular complexity index is 926. The summed E-state index contributed by atoms with van der Waals surface area (Å²) in [6.45, 7) is 1.48. The number of ketones is 1. The summed E-state index contributed by atoms with van der Waals surface area (Å²) in [5.74, 6) is -0.169. The molecule has 9 nitrogen and oxygen atoms in total. The van der Waals surface area contributed by atoms with Gasteiger partial charge in [-0.2, -0.15) is 0 Å². The molecule has 0 aliphatic carbocycles. The average Bonchev–Trinajstić information content (AvgIpc) is 3.46. The van der Waals surface area contributed by atoms with Crippen molar-refractivity contribution in [2.75, 3.05) is 13.1 Å². The van der Waals surface area contributed by atoms with Gasteiger partial charge in [0.2, 0.25) is 5.78 Å². The highest BCUT2D eigenvalue weighted by atomic mass is 16.3. The maximum Gasteiger partial charge on any atom is 0.270 e. The van der Waals surface area contributed by atoms with E-state index in [0.29, 0.717) is 30.9 Å². The van der Waals surface area contributed by atoms with Gasteiger partial charge in [-0.25, -0.2) is 4.68 Å². The van der Waals surface area contributed by atoms with Crippen LogP contribution in [0.3, 0.4) is 0 Å². The number of rotatable bonds is 5. The summed E-state index contributed by atoms with van der Waals surface area (Å²) >= 11 is 0. The molecule has 0 radical (unpaired) electrons. The smallest absolute Gasteiger partial charge is 0.270 e. The van der Waals surface area contributed by atoms with Gasteiger partial charge in [0, 0.05) is 31.4 Å². The number of carbonyl (C=O) groups is 2. The average molecular weight is 354 g/mol. The Hall–Kier alpha value is -3.20. The van der Waals surface area contributed by atoms with Crippen molar-refractivity contribution in [2.45, 2.75) is 19.0 Å². The largest absolute Gasteiger partial charge is 0.461 e. The third-order valence-electron chi connectivity index (χ3n) is 4.51. The lowest BCUT2D eigenvalue weighted by Crippen LogP contribution is -2.29. The summed E-state index contributed by atoms with van der Waals surface area (Å²) in [6, 6.07) is 4.88. The molecule has 0 saturated carbocycles. The number of furan rings is 1. The molecule has 26 heavy (non-hydrogen) atoms. The van der Waals surface area contributed by atoms with Gasteiger partial charge in [0.05, 0.1) is 24.2 Å². The van der Waals surface area contributed by atoms with E-state index in [0.717, 1.165) is 12.1 Å². The molecule has 1 atom stereocenters. The van der Waals surface area contributed by atoms with Gasteiger partial charge < -0.3 is 20.0 Å². The summed E-state index contributed by atoms with van der Waals surface area (Å²) in [5.41, 5.74) is 7.05. The highest BCUT2D eigenvalue weighted by Gasteiger charge is 2.30. The number of aromatic nitrogens is 4. The van der Waals surface area contributed by atoms with Gasteiger partial charge in [-0.15, -0.1) is 5.10 Å². The monoisotopic (exact) mass is 354 g/mol. The number of nitrogens with two attached hydrogens (primary N) is 1. The lowest BCUT2D eigenvalue weighted by molar-refractivity contribution is 0.0782. The minimum Gasteiger partial charge on any atom is -0.461 e. The number of hydrogen-bond donors (Lipinski definition) is 2. The highest BCUT2D eigenvalue weighted by Crippen LogP contribution is 2.23. The normalized spacial score (nSPS) is 17.0.